The number of carbonyl (C=O) groups excluding carboxylic acids is 1. The Morgan fingerprint density at radius 3 is 2.59 bits per heavy atom. The van der Waals surface area contributed by atoms with Crippen LogP contribution in [0.3, 0.4) is 0 Å². The molecular formula is C13H17ClO3. The van der Waals surface area contributed by atoms with Crippen molar-refractivity contribution < 1.29 is 14.6 Å². The number of ether oxygens (including phenoxy) is 1. The summed E-state index contributed by atoms with van der Waals surface area (Å²) in [5.74, 6) is -0.0149. The third kappa shape index (κ3) is 3.20. The number of ketones is 1. The molecule has 0 aliphatic carbocycles. The van der Waals surface area contributed by atoms with E-state index in [0.717, 1.165) is 0 Å². The summed E-state index contributed by atoms with van der Waals surface area (Å²) in [5.41, 5.74) is 0.424. The molecule has 0 amide bonds. The lowest BCUT2D eigenvalue weighted by Gasteiger charge is -2.18. The average molecular weight is 257 g/mol. The number of aliphatic hydroxyl groups is 1. The fraction of sp³-hybridized carbons (Fsp3) is 0.462. The van der Waals surface area contributed by atoms with Crippen LogP contribution < -0.4 is 4.74 Å². The monoisotopic (exact) mass is 256 g/mol. The van der Waals surface area contributed by atoms with Crippen molar-refractivity contribution in [2.45, 2.75) is 13.8 Å². The zero-order chi connectivity index (χ0) is 13.0. The number of benzene rings is 1. The summed E-state index contributed by atoms with van der Waals surface area (Å²) in [5, 5.41) is 9.75. The van der Waals surface area contributed by atoms with Gasteiger partial charge in [-0.15, -0.1) is 0 Å². The normalized spacial score (nSPS) is 12.6. The second kappa shape index (κ2) is 6.03. The molecule has 0 bridgehead atoms. The summed E-state index contributed by atoms with van der Waals surface area (Å²) in [4.78, 5) is 12.3. The highest BCUT2D eigenvalue weighted by molar-refractivity contribution is 6.31. The number of hydrogen-bond acceptors (Lipinski definition) is 3. The second-order valence-corrected chi connectivity index (χ2v) is 4.68. The number of methoxy groups -OCH3 is 1. The second-order valence-electron chi connectivity index (χ2n) is 4.24. The van der Waals surface area contributed by atoms with Gasteiger partial charge in [-0.1, -0.05) is 25.4 Å². The molecule has 1 N–H and O–H groups in total. The standard InChI is InChI=1S/C13H17ClO3/c1-8(2)11(7-15)13(16)10-6-9(14)4-5-12(10)17-3/h4-6,8,11,15H,7H2,1-3H3. The van der Waals surface area contributed by atoms with E-state index in [1.807, 2.05) is 13.8 Å². The van der Waals surface area contributed by atoms with Gasteiger partial charge in [0.1, 0.15) is 5.75 Å². The number of rotatable bonds is 5. The van der Waals surface area contributed by atoms with Crippen molar-refractivity contribution in [1.29, 1.82) is 0 Å². The predicted octanol–water partition coefficient (Wildman–Crippen LogP) is 2.80. The molecule has 0 radical (unpaired) electrons. The maximum atomic E-state index is 12.3. The molecule has 1 aromatic carbocycles. The van der Waals surface area contributed by atoms with Gasteiger partial charge in [0.15, 0.2) is 5.78 Å². The van der Waals surface area contributed by atoms with Gasteiger partial charge in [0.25, 0.3) is 0 Å². The molecule has 3 nitrogen and oxygen atoms in total. The minimum atomic E-state index is -0.428. The minimum Gasteiger partial charge on any atom is -0.496 e. The average Bonchev–Trinajstić information content (AvgIpc) is 2.29. The van der Waals surface area contributed by atoms with Gasteiger partial charge in [-0.3, -0.25) is 4.79 Å². The Bertz CT molecular complexity index is 402. The number of carbonyl (C=O) groups is 1. The molecule has 1 unspecified atom stereocenters. The lowest BCUT2D eigenvalue weighted by atomic mass is 9.88. The SMILES string of the molecule is COc1ccc(Cl)cc1C(=O)C(CO)C(C)C. The lowest BCUT2D eigenvalue weighted by molar-refractivity contribution is 0.0803. The summed E-state index contributed by atoms with van der Waals surface area (Å²) in [7, 11) is 1.50. The van der Waals surface area contributed by atoms with E-state index in [1.165, 1.54) is 7.11 Å². The van der Waals surface area contributed by atoms with Gasteiger partial charge < -0.3 is 9.84 Å². The Balaban J connectivity index is 3.13. The largest absolute Gasteiger partial charge is 0.496 e. The van der Waals surface area contributed by atoms with E-state index in [9.17, 15) is 9.90 Å². The summed E-state index contributed by atoms with van der Waals surface area (Å²) in [6.45, 7) is 3.62. The Morgan fingerprint density at radius 2 is 2.12 bits per heavy atom. The molecule has 0 aromatic heterocycles. The van der Waals surface area contributed by atoms with Gasteiger partial charge in [-0.05, 0) is 24.1 Å². The molecule has 0 saturated carbocycles. The van der Waals surface area contributed by atoms with E-state index in [-0.39, 0.29) is 18.3 Å². The van der Waals surface area contributed by atoms with Crippen LogP contribution in [0.15, 0.2) is 18.2 Å². The number of hydrogen-bond donors (Lipinski definition) is 1. The van der Waals surface area contributed by atoms with E-state index in [1.54, 1.807) is 18.2 Å². The van der Waals surface area contributed by atoms with Crippen LogP contribution in [-0.4, -0.2) is 24.6 Å². The van der Waals surface area contributed by atoms with Gasteiger partial charge in [-0.25, -0.2) is 0 Å². The van der Waals surface area contributed by atoms with Crippen molar-refractivity contribution in [1.82, 2.24) is 0 Å². The molecular weight excluding hydrogens is 240 g/mol. The lowest BCUT2D eigenvalue weighted by Crippen LogP contribution is -2.24. The molecule has 1 aromatic rings. The summed E-state index contributed by atoms with van der Waals surface area (Å²) >= 11 is 5.88. The number of aliphatic hydroxyl groups excluding tert-OH is 1. The van der Waals surface area contributed by atoms with E-state index in [2.05, 4.69) is 0 Å². The summed E-state index contributed by atoms with van der Waals surface area (Å²) < 4.78 is 5.13. The molecule has 0 aliphatic heterocycles. The van der Waals surface area contributed by atoms with Crippen molar-refractivity contribution in [2.24, 2.45) is 11.8 Å². The van der Waals surface area contributed by atoms with Gasteiger partial charge in [0.2, 0.25) is 0 Å². The van der Waals surface area contributed by atoms with Gasteiger partial charge in [0, 0.05) is 10.9 Å². The highest BCUT2D eigenvalue weighted by Crippen LogP contribution is 2.27. The van der Waals surface area contributed by atoms with Crippen molar-refractivity contribution in [3.63, 3.8) is 0 Å². The first-order valence-electron chi connectivity index (χ1n) is 5.49. The molecule has 0 fully saturated rings. The summed E-state index contributed by atoms with van der Waals surface area (Å²) in [6, 6.07) is 4.90. The van der Waals surface area contributed by atoms with Crippen LogP contribution in [0.2, 0.25) is 5.02 Å². The molecule has 0 spiro atoms. The van der Waals surface area contributed by atoms with Gasteiger partial charge >= 0.3 is 0 Å². The van der Waals surface area contributed by atoms with Crippen molar-refractivity contribution in [3.05, 3.63) is 28.8 Å². The van der Waals surface area contributed by atoms with E-state index in [0.29, 0.717) is 16.3 Å². The maximum absolute atomic E-state index is 12.3. The smallest absolute Gasteiger partial charge is 0.172 e. The first-order valence-corrected chi connectivity index (χ1v) is 5.87. The van der Waals surface area contributed by atoms with Crippen LogP contribution in [0.25, 0.3) is 0 Å². The van der Waals surface area contributed by atoms with Gasteiger partial charge in [0.05, 0.1) is 19.3 Å². The Labute approximate surface area is 106 Å². The minimum absolute atomic E-state index is 0.0659. The van der Waals surface area contributed by atoms with E-state index < -0.39 is 5.92 Å². The topological polar surface area (TPSA) is 46.5 Å². The van der Waals surface area contributed by atoms with E-state index in [4.69, 9.17) is 16.3 Å². The molecule has 0 heterocycles. The fourth-order valence-corrected chi connectivity index (χ4v) is 1.84. The number of Topliss-reactive ketones (excluding diaryl/α,β-unsaturated/α-hetero) is 1. The maximum Gasteiger partial charge on any atom is 0.172 e. The Hall–Kier alpha value is -1.06. The van der Waals surface area contributed by atoms with Gasteiger partial charge in [-0.2, -0.15) is 0 Å². The highest BCUT2D eigenvalue weighted by atomic mass is 35.5. The molecule has 94 valence electrons. The molecule has 1 atom stereocenters. The molecule has 1 rings (SSSR count). The van der Waals surface area contributed by atoms with Crippen LogP contribution >= 0.6 is 11.6 Å². The van der Waals surface area contributed by atoms with Crippen molar-refractivity contribution in [2.75, 3.05) is 13.7 Å². The summed E-state index contributed by atoms with van der Waals surface area (Å²) in [6.07, 6.45) is 0. The van der Waals surface area contributed by atoms with Crippen LogP contribution in [0, 0.1) is 11.8 Å². The first kappa shape index (κ1) is 14.0. The van der Waals surface area contributed by atoms with Crippen LogP contribution in [0.1, 0.15) is 24.2 Å². The van der Waals surface area contributed by atoms with Crippen LogP contribution in [0.4, 0.5) is 0 Å². The van der Waals surface area contributed by atoms with Crippen molar-refractivity contribution >= 4 is 17.4 Å². The number of halogens is 1. The molecule has 4 heteroatoms. The fourth-order valence-electron chi connectivity index (χ4n) is 1.67. The van der Waals surface area contributed by atoms with Crippen molar-refractivity contribution in [3.8, 4) is 5.75 Å². The first-order chi connectivity index (χ1) is 8.01. The third-order valence-corrected chi connectivity index (χ3v) is 3.00. The Kier molecular flexibility index (Phi) is 4.97. The zero-order valence-electron chi connectivity index (χ0n) is 10.2. The molecule has 0 saturated heterocycles. The zero-order valence-corrected chi connectivity index (χ0v) is 11.0. The third-order valence-electron chi connectivity index (χ3n) is 2.77. The highest BCUT2D eigenvalue weighted by Gasteiger charge is 2.25. The van der Waals surface area contributed by atoms with Crippen LogP contribution in [0.5, 0.6) is 5.75 Å². The van der Waals surface area contributed by atoms with E-state index >= 15 is 0 Å². The quantitative estimate of drug-likeness (QED) is 0.824. The Morgan fingerprint density at radius 1 is 1.47 bits per heavy atom. The predicted molar refractivity (Wildman–Crippen MR) is 67.7 cm³/mol. The molecule has 17 heavy (non-hydrogen) atoms. The van der Waals surface area contributed by atoms with Crippen LogP contribution in [-0.2, 0) is 0 Å². The molecule has 0 aliphatic rings.